The van der Waals surface area contributed by atoms with Crippen LogP contribution in [0.15, 0.2) is 12.3 Å². The van der Waals surface area contributed by atoms with E-state index in [0.717, 1.165) is 12.8 Å². The summed E-state index contributed by atoms with van der Waals surface area (Å²) in [4.78, 5) is 14.0. The van der Waals surface area contributed by atoms with Crippen molar-refractivity contribution in [1.29, 1.82) is 0 Å². The maximum Gasteiger partial charge on any atom is 0.289 e. The van der Waals surface area contributed by atoms with Crippen molar-refractivity contribution in [1.82, 2.24) is 4.98 Å². The Bertz CT molecular complexity index is 419. The highest BCUT2D eigenvalue weighted by atomic mass is 35.5. The maximum atomic E-state index is 10.5. The minimum Gasteiger partial charge on any atom is -0.364 e. The lowest BCUT2D eigenvalue weighted by Crippen LogP contribution is -2.33. The van der Waals surface area contributed by atoms with Gasteiger partial charge in [-0.15, -0.1) is 0 Å². The number of aromatic nitrogens is 1. The molecular formula is C11H16ClN3O2. The SMILES string of the molecule is CCC(C)(CC)Nc1ncc([N+](=O)[O-])cc1Cl. The molecule has 0 aliphatic heterocycles. The van der Waals surface area contributed by atoms with Gasteiger partial charge in [-0.3, -0.25) is 10.1 Å². The molecule has 0 atom stereocenters. The van der Waals surface area contributed by atoms with Crippen LogP contribution in [-0.2, 0) is 0 Å². The summed E-state index contributed by atoms with van der Waals surface area (Å²) in [7, 11) is 0. The molecule has 1 aromatic rings. The van der Waals surface area contributed by atoms with Gasteiger partial charge in [-0.25, -0.2) is 4.98 Å². The van der Waals surface area contributed by atoms with Crippen molar-refractivity contribution in [2.75, 3.05) is 5.32 Å². The molecule has 0 aliphatic rings. The van der Waals surface area contributed by atoms with Crippen LogP contribution >= 0.6 is 11.6 Å². The van der Waals surface area contributed by atoms with Gasteiger partial charge in [0.15, 0.2) is 0 Å². The van der Waals surface area contributed by atoms with Gasteiger partial charge in [0.25, 0.3) is 5.69 Å². The van der Waals surface area contributed by atoms with E-state index in [0.29, 0.717) is 5.82 Å². The highest BCUT2D eigenvalue weighted by molar-refractivity contribution is 6.33. The van der Waals surface area contributed by atoms with E-state index >= 15 is 0 Å². The fourth-order valence-corrected chi connectivity index (χ4v) is 1.54. The summed E-state index contributed by atoms with van der Waals surface area (Å²) in [6, 6.07) is 1.31. The van der Waals surface area contributed by atoms with E-state index < -0.39 is 4.92 Å². The van der Waals surface area contributed by atoms with Crippen molar-refractivity contribution >= 4 is 23.1 Å². The van der Waals surface area contributed by atoms with Gasteiger partial charge in [-0.05, 0) is 19.8 Å². The molecule has 0 unspecified atom stereocenters. The van der Waals surface area contributed by atoms with Gasteiger partial charge in [0.2, 0.25) is 0 Å². The van der Waals surface area contributed by atoms with Crippen LogP contribution in [-0.4, -0.2) is 15.4 Å². The number of hydrogen-bond acceptors (Lipinski definition) is 4. The minimum atomic E-state index is -0.512. The van der Waals surface area contributed by atoms with Gasteiger partial charge in [0.05, 0.1) is 9.95 Å². The molecular weight excluding hydrogens is 242 g/mol. The summed E-state index contributed by atoms with van der Waals surface area (Å²) in [6.07, 6.45) is 3.04. The number of halogens is 1. The highest BCUT2D eigenvalue weighted by Gasteiger charge is 2.21. The topological polar surface area (TPSA) is 68.1 Å². The standard InChI is InChI=1S/C11H16ClN3O2/c1-4-11(3,5-2)14-10-9(12)6-8(7-13-10)15(16)17/h6-7H,4-5H2,1-3H3,(H,13,14). The molecule has 17 heavy (non-hydrogen) atoms. The zero-order valence-corrected chi connectivity index (χ0v) is 10.9. The van der Waals surface area contributed by atoms with Crippen molar-refractivity contribution in [3.05, 3.63) is 27.4 Å². The van der Waals surface area contributed by atoms with Crippen molar-refractivity contribution < 1.29 is 4.92 Å². The lowest BCUT2D eigenvalue weighted by molar-refractivity contribution is -0.385. The number of anilines is 1. The van der Waals surface area contributed by atoms with Crippen LogP contribution in [0.2, 0.25) is 5.02 Å². The molecule has 0 bridgehead atoms. The first kappa shape index (κ1) is 13.7. The maximum absolute atomic E-state index is 10.5. The Balaban J connectivity index is 2.97. The fourth-order valence-electron chi connectivity index (χ4n) is 1.33. The van der Waals surface area contributed by atoms with Crippen LogP contribution < -0.4 is 5.32 Å². The first-order valence-electron chi connectivity index (χ1n) is 5.50. The Labute approximate surface area is 105 Å². The smallest absolute Gasteiger partial charge is 0.289 e. The van der Waals surface area contributed by atoms with Crippen LogP contribution in [0.3, 0.4) is 0 Å². The summed E-state index contributed by atoms with van der Waals surface area (Å²) in [6.45, 7) is 6.19. The summed E-state index contributed by atoms with van der Waals surface area (Å²) < 4.78 is 0. The Morgan fingerprint density at radius 1 is 1.53 bits per heavy atom. The quantitative estimate of drug-likeness (QED) is 0.646. The van der Waals surface area contributed by atoms with E-state index in [1.165, 1.54) is 12.3 Å². The Morgan fingerprint density at radius 3 is 2.53 bits per heavy atom. The summed E-state index contributed by atoms with van der Waals surface area (Å²) in [5, 5.41) is 14.0. The zero-order valence-electron chi connectivity index (χ0n) is 10.2. The number of pyridine rings is 1. The van der Waals surface area contributed by atoms with Crippen molar-refractivity contribution in [3.63, 3.8) is 0 Å². The van der Waals surface area contributed by atoms with Gasteiger partial charge in [0.1, 0.15) is 12.0 Å². The summed E-state index contributed by atoms with van der Waals surface area (Å²) >= 11 is 5.96. The molecule has 1 rings (SSSR count). The number of hydrogen-bond donors (Lipinski definition) is 1. The van der Waals surface area contributed by atoms with E-state index in [-0.39, 0.29) is 16.2 Å². The third-order valence-corrected chi connectivity index (χ3v) is 3.31. The Kier molecular flexibility index (Phi) is 4.28. The van der Waals surface area contributed by atoms with Gasteiger partial charge >= 0.3 is 0 Å². The van der Waals surface area contributed by atoms with E-state index in [1.54, 1.807) is 0 Å². The number of nitro groups is 1. The van der Waals surface area contributed by atoms with Crippen molar-refractivity contribution in [2.24, 2.45) is 0 Å². The van der Waals surface area contributed by atoms with Crippen LogP contribution in [0, 0.1) is 10.1 Å². The van der Waals surface area contributed by atoms with Gasteiger partial charge in [-0.2, -0.15) is 0 Å². The zero-order chi connectivity index (χ0) is 13.1. The minimum absolute atomic E-state index is 0.102. The molecule has 0 radical (unpaired) electrons. The fraction of sp³-hybridized carbons (Fsp3) is 0.545. The van der Waals surface area contributed by atoms with Gasteiger partial charge < -0.3 is 5.32 Å². The molecule has 1 N–H and O–H groups in total. The van der Waals surface area contributed by atoms with E-state index in [4.69, 9.17) is 11.6 Å². The van der Waals surface area contributed by atoms with Crippen molar-refractivity contribution in [2.45, 2.75) is 39.2 Å². The van der Waals surface area contributed by atoms with Crippen molar-refractivity contribution in [3.8, 4) is 0 Å². The molecule has 0 saturated heterocycles. The van der Waals surface area contributed by atoms with Crippen LogP contribution in [0.5, 0.6) is 0 Å². The molecule has 6 heteroatoms. The number of rotatable bonds is 5. The Hall–Kier alpha value is -1.36. The molecule has 0 fully saturated rings. The second-order valence-electron chi connectivity index (χ2n) is 4.17. The lowest BCUT2D eigenvalue weighted by Gasteiger charge is -2.29. The van der Waals surface area contributed by atoms with E-state index in [9.17, 15) is 10.1 Å². The molecule has 0 aromatic carbocycles. The average molecular weight is 258 g/mol. The number of nitrogens with one attached hydrogen (secondary N) is 1. The van der Waals surface area contributed by atoms with Crippen LogP contribution in [0.1, 0.15) is 33.6 Å². The first-order valence-corrected chi connectivity index (χ1v) is 5.87. The highest BCUT2D eigenvalue weighted by Crippen LogP contribution is 2.28. The Morgan fingerprint density at radius 2 is 2.12 bits per heavy atom. The molecule has 0 spiro atoms. The monoisotopic (exact) mass is 257 g/mol. The molecule has 0 amide bonds. The predicted octanol–water partition coefficient (Wildman–Crippen LogP) is 3.63. The van der Waals surface area contributed by atoms with E-state index in [1.807, 2.05) is 0 Å². The molecule has 1 aromatic heterocycles. The lowest BCUT2D eigenvalue weighted by atomic mass is 9.96. The molecule has 94 valence electrons. The third kappa shape index (κ3) is 3.30. The van der Waals surface area contributed by atoms with Crippen LogP contribution in [0.25, 0.3) is 0 Å². The predicted molar refractivity (Wildman–Crippen MR) is 68.5 cm³/mol. The summed E-state index contributed by atoms with van der Waals surface area (Å²) in [5.74, 6) is 0.489. The average Bonchev–Trinajstić information content (AvgIpc) is 2.31. The summed E-state index contributed by atoms with van der Waals surface area (Å²) in [5.41, 5.74) is -0.206. The first-order chi connectivity index (χ1) is 7.91. The normalized spacial score (nSPS) is 11.3. The van der Waals surface area contributed by atoms with E-state index in [2.05, 4.69) is 31.1 Å². The third-order valence-electron chi connectivity index (χ3n) is 3.02. The molecule has 0 saturated carbocycles. The van der Waals surface area contributed by atoms with Crippen LogP contribution in [0.4, 0.5) is 11.5 Å². The molecule has 0 aliphatic carbocycles. The number of nitrogens with zero attached hydrogens (tertiary/aromatic N) is 2. The second-order valence-corrected chi connectivity index (χ2v) is 4.58. The second kappa shape index (κ2) is 5.31. The van der Waals surface area contributed by atoms with Gasteiger partial charge in [-0.1, -0.05) is 25.4 Å². The molecule has 5 nitrogen and oxygen atoms in total. The largest absolute Gasteiger partial charge is 0.364 e. The van der Waals surface area contributed by atoms with Gasteiger partial charge in [0, 0.05) is 11.6 Å². The molecule has 1 heterocycles.